The first kappa shape index (κ1) is 16.4. The molecule has 112 valence electrons. The zero-order chi connectivity index (χ0) is 15.4. The van der Waals surface area contributed by atoms with Gasteiger partial charge in [0.25, 0.3) is 0 Å². The van der Waals surface area contributed by atoms with Crippen molar-refractivity contribution in [2.45, 2.75) is 32.7 Å². The summed E-state index contributed by atoms with van der Waals surface area (Å²) in [6, 6.07) is 14.2. The summed E-state index contributed by atoms with van der Waals surface area (Å²) in [6.07, 6.45) is 1.85. The second-order valence-corrected chi connectivity index (χ2v) is 6.71. The molecule has 0 aliphatic rings. The summed E-state index contributed by atoms with van der Waals surface area (Å²) >= 11 is 12.0. The topological polar surface area (TPSA) is 26.0 Å². The standard InChI is InChI=1S/C18H21Cl2N/c1-12(2)9-13-3-6-15(7-4-13)18(21)11-14-5-8-16(19)17(20)10-14/h3-8,10,12,18H,9,11,21H2,1-2H3. The van der Waals surface area contributed by atoms with Crippen molar-refractivity contribution in [1.29, 1.82) is 0 Å². The average Bonchev–Trinajstić information content (AvgIpc) is 2.43. The lowest BCUT2D eigenvalue weighted by Gasteiger charge is -2.14. The van der Waals surface area contributed by atoms with Gasteiger partial charge in [-0.15, -0.1) is 0 Å². The van der Waals surface area contributed by atoms with Crippen LogP contribution in [0, 0.1) is 5.92 Å². The maximum absolute atomic E-state index is 6.29. The van der Waals surface area contributed by atoms with E-state index in [2.05, 4.69) is 38.1 Å². The molecule has 2 aromatic carbocycles. The van der Waals surface area contributed by atoms with Crippen LogP contribution in [0.5, 0.6) is 0 Å². The second-order valence-electron chi connectivity index (χ2n) is 5.90. The van der Waals surface area contributed by atoms with Crippen molar-refractivity contribution in [2.24, 2.45) is 11.7 Å². The van der Waals surface area contributed by atoms with E-state index in [1.807, 2.05) is 18.2 Å². The SMILES string of the molecule is CC(C)Cc1ccc(C(N)Cc2ccc(Cl)c(Cl)c2)cc1. The van der Waals surface area contributed by atoms with Crippen LogP contribution in [0.15, 0.2) is 42.5 Å². The van der Waals surface area contributed by atoms with Crippen LogP contribution >= 0.6 is 23.2 Å². The number of benzene rings is 2. The van der Waals surface area contributed by atoms with Crippen LogP contribution in [-0.2, 0) is 12.8 Å². The summed E-state index contributed by atoms with van der Waals surface area (Å²) in [5.74, 6) is 0.667. The molecule has 0 bridgehead atoms. The fourth-order valence-electron chi connectivity index (χ4n) is 2.41. The highest BCUT2D eigenvalue weighted by atomic mass is 35.5. The van der Waals surface area contributed by atoms with Gasteiger partial charge in [0, 0.05) is 6.04 Å². The van der Waals surface area contributed by atoms with Crippen LogP contribution in [0.2, 0.25) is 10.0 Å². The Kier molecular flexibility index (Phi) is 5.69. The molecule has 0 amide bonds. The van der Waals surface area contributed by atoms with E-state index >= 15 is 0 Å². The Morgan fingerprint density at radius 1 is 0.857 bits per heavy atom. The minimum atomic E-state index is -0.0321. The summed E-state index contributed by atoms with van der Waals surface area (Å²) in [5, 5.41) is 1.15. The number of rotatable bonds is 5. The predicted octanol–water partition coefficient (Wildman–Crippen LogP) is 5.43. The predicted molar refractivity (Wildman–Crippen MR) is 92.1 cm³/mol. The van der Waals surface area contributed by atoms with E-state index in [1.54, 1.807) is 0 Å². The zero-order valence-electron chi connectivity index (χ0n) is 12.4. The largest absolute Gasteiger partial charge is 0.324 e. The van der Waals surface area contributed by atoms with Gasteiger partial charge in [-0.25, -0.2) is 0 Å². The first-order valence-corrected chi connectivity index (χ1v) is 7.99. The molecule has 0 spiro atoms. The lowest BCUT2D eigenvalue weighted by atomic mass is 9.96. The Labute approximate surface area is 137 Å². The molecule has 21 heavy (non-hydrogen) atoms. The van der Waals surface area contributed by atoms with Gasteiger partial charge in [0.1, 0.15) is 0 Å². The van der Waals surface area contributed by atoms with Crippen LogP contribution in [0.25, 0.3) is 0 Å². The Morgan fingerprint density at radius 2 is 1.48 bits per heavy atom. The lowest BCUT2D eigenvalue weighted by Crippen LogP contribution is -2.13. The Bertz CT molecular complexity index is 591. The van der Waals surface area contributed by atoms with Crippen LogP contribution in [-0.4, -0.2) is 0 Å². The molecular formula is C18H21Cl2N. The van der Waals surface area contributed by atoms with Gasteiger partial charge in [-0.1, -0.05) is 67.4 Å². The molecule has 1 unspecified atom stereocenters. The highest BCUT2D eigenvalue weighted by Gasteiger charge is 2.09. The molecule has 0 aliphatic carbocycles. The van der Waals surface area contributed by atoms with Crippen LogP contribution in [0.4, 0.5) is 0 Å². The van der Waals surface area contributed by atoms with E-state index in [0.717, 1.165) is 24.0 Å². The molecule has 2 N–H and O–H groups in total. The summed E-state index contributed by atoms with van der Waals surface area (Å²) < 4.78 is 0. The molecule has 1 atom stereocenters. The number of nitrogens with two attached hydrogens (primary N) is 1. The quantitative estimate of drug-likeness (QED) is 0.780. The van der Waals surface area contributed by atoms with Crippen LogP contribution in [0.1, 0.15) is 36.6 Å². The molecule has 3 heteroatoms. The Hall–Kier alpha value is -1.02. The first-order valence-electron chi connectivity index (χ1n) is 7.24. The van der Waals surface area contributed by atoms with Gasteiger partial charge in [0.2, 0.25) is 0 Å². The average molecular weight is 322 g/mol. The third-order valence-corrected chi connectivity index (χ3v) is 4.23. The summed E-state index contributed by atoms with van der Waals surface area (Å²) in [5.41, 5.74) is 9.89. The van der Waals surface area contributed by atoms with Gasteiger partial charge >= 0.3 is 0 Å². The number of hydrogen-bond acceptors (Lipinski definition) is 1. The molecule has 1 nitrogen and oxygen atoms in total. The minimum Gasteiger partial charge on any atom is -0.324 e. The molecule has 0 saturated carbocycles. The smallest absolute Gasteiger partial charge is 0.0595 e. The van der Waals surface area contributed by atoms with Gasteiger partial charge in [-0.05, 0) is 47.6 Å². The highest BCUT2D eigenvalue weighted by Crippen LogP contribution is 2.25. The normalized spacial score (nSPS) is 12.7. The fraction of sp³-hybridized carbons (Fsp3) is 0.333. The van der Waals surface area contributed by atoms with Crippen molar-refractivity contribution in [3.05, 3.63) is 69.2 Å². The number of hydrogen-bond donors (Lipinski definition) is 1. The van der Waals surface area contributed by atoms with Crippen molar-refractivity contribution < 1.29 is 0 Å². The van der Waals surface area contributed by atoms with Gasteiger partial charge in [-0.3, -0.25) is 0 Å². The van der Waals surface area contributed by atoms with E-state index in [4.69, 9.17) is 28.9 Å². The lowest BCUT2D eigenvalue weighted by molar-refractivity contribution is 0.646. The molecule has 0 aliphatic heterocycles. The Morgan fingerprint density at radius 3 is 2.05 bits per heavy atom. The van der Waals surface area contributed by atoms with Crippen molar-refractivity contribution in [2.75, 3.05) is 0 Å². The molecule has 0 fully saturated rings. The highest BCUT2D eigenvalue weighted by molar-refractivity contribution is 6.42. The van der Waals surface area contributed by atoms with E-state index in [-0.39, 0.29) is 6.04 Å². The Balaban J connectivity index is 2.05. The van der Waals surface area contributed by atoms with Crippen LogP contribution in [0.3, 0.4) is 0 Å². The first-order chi connectivity index (χ1) is 9.95. The van der Waals surface area contributed by atoms with Gasteiger partial charge in [0.05, 0.1) is 10.0 Å². The monoisotopic (exact) mass is 321 g/mol. The second kappa shape index (κ2) is 7.31. The zero-order valence-corrected chi connectivity index (χ0v) is 14.0. The van der Waals surface area contributed by atoms with Crippen molar-refractivity contribution in [3.8, 4) is 0 Å². The summed E-state index contributed by atoms with van der Waals surface area (Å²) in [6.45, 7) is 4.45. The third-order valence-electron chi connectivity index (χ3n) is 3.49. The third kappa shape index (κ3) is 4.74. The van der Waals surface area contributed by atoms with Gasteiger partial charge in [-0.2, -0.15) is 0 Å². The molecule has 0 radical (unpaired) electrons. The van der Waals surface area contributed by atoms with Crippen molar-refractivity contribution in [3.63, 3.8) is 0 Å². The minimum absolute atomic E-state index is 0.0321. The molecule has 0 aromatic heterocycles. The van der Waals surface area contributed by atoms with E-state index in [9.17, 15) is 0 Å². The summed E-state index contributed by atoms with van der Waals surface area (Å²) in [7, 11) is 0. The molecule has 2 aromatic rings. The van der Waals surface area contributed by atoms with Gasteiger partial charge < -0.3 is 5.73 Å². The van der Waals surface area contributed by atoms with E-state index in [1.165, 1.54) is 5.56 Å². The van der Waals surface area contributed by atoms with Crippen molar-refractivity contribution >= 4 is 23.2 Å². The summed E-state index contributed by atoms with van der Waals surface area (Å²) in [4.78, 5) is 0. The van der Waals surface area contributed by atoms with Gasteiger partial charge in [0.15, 0.2) is 0 Å². The van der Waals surface area contributed by atoms with Crippen LogP contribution < -0.4 is 5.73 Å². The molecule has 0 saturated heterocycles. The van der Waals surface area contributed by atoms with Crippen molar-refractivity contribution in [1.82, 2.24) is 0 Å². The van der Waals surface area contributed by atoms with E-state index in [0.29, 0.717) is 16.0 Å². The maximum Gasteiger partial charge on any atom is 0.0595 e. The fourth-order valence-corrected chi connectivity index (χ4v) is 2.73. The molecule has 2 rings (SSSR count). The maximum atomic E-state index is 6.29. The van der Waals surface area contributed by atoms with E-state index < -0.39 is 0 Å². The number of halogens is 2. The molecular weight excluding hydrogens is 301 g/mol. The molecule has 0 heterocycles.